The summed E-state index contributed by atoms with van der Waals surface area (Å²) in [5.41, 5.74) is 0.505. The number of benzene rings is 1. The Balaban J connectivity index is 2.54. The average Bonchev–Trinajstić information content (AvgIpc) is 2.46. The highest BCUT2D eigenvalue weighted by Gasteiger charge is 2.17. The zero-order valence-corrected chi connectivity index (χ0v) is 11.7. The van der Waals surface area contributed by atoms with Gasteiger partial charge in [-0.2, -0.15) is 0 Å². The van der Waals surface area contributed by atoms with Crippen LogP contribution in [-0.4, -0.2) is 36.2 Å². The maximum Gasteiger partial charge on any atom is 0.313 e. The molecule has 0 fully saturated rings. The molecule has 0 bridgehead atoms. The predicted molar refractivity (Wildman–Crippen MR) is 75.5 cm³/mol. The molecule has 0 heterocycles. The first-order valence-corrected chi connectivity index (χ1v) is 6.56. The molecule has 0 aliphatic carbocycles. The zero-order chi connectivity index (χ0) is 15.0. The van der Waals surface area contributed by atoms with Crippen molar-refractivity contribution in [2.45, 2.75) is 26.3 Å². The predicted octanol–water partition coefficient (Wildman–Crippen LogP) is 0.911. The quantitative estimate of drug-likeness (QED) is 0.676. The van der Waals surface area contributed by atoms with Gasteiger partial charge in [-0.3, -0.25) is 9.59 Å². The number of rotatable bonds is 6. The van der Waals surface area contributed by atoms with Crippen molar-refractivity contribution in [3.05, 3.63) is 24.3 Å². The first kappa shape index (κ1) is 16.0. The number of hydrogen-bond donors (Lipinski definition) is 3. The summed E-state index contributed by atoms with van der Waals surface area (Å²) in [5.74, 6) is -0.831. The van der Waals surface area contributed by atoms with Crippen molar-refractivity contribution in [3.63, 3.8) is 0 Å². The largest absolute Gasteiger partial charge is 0.494 e. The Hall–Kier alpha value is -2.08. The van der Waals surface area contributed by atoms with E-state index in [2.05, 4.69) is 10.6 Å². The summed E-state index contributed by atoms with van der Waals surface area (Å²) in [6.45, 7) is 4.06. The maximum atomic E-state index is 11.7. The topological polar surface area (TPSA) is 87.7 Å². The van der Waals surface area contributed by atoms with E-state index >= 15 is 0 Å². The Morgan fingerprint density at radius 2 is 1.85 bits per heavy atom. The summed E-state index contributed by atoms with van der Waals surface area (Å²) in [6.07, 6.45) is 0.554. The van der Waals surface area contributed by atoms with Crippen molar-refractivity contribution in [2.75, 3.05) is 18.5 Å². The highest BCUT2D eigenvalue weighted by atomic mass is 16.5. The molecule has 1 aromatic carbocycles. The third-order valence-electron chi connectivity index (χ3n) is 2.68. The maximum absolute atomic E-state index is 11.7. The number of aliphatic hydroxyl groups is 1. The summed E-state index contributed by atoms with van der Waals surface area (Å²) in [6, 6.07) is 6.31. The van der Waals surface area contributed by atoms with Gasteiger partial charge < -0.3 is 20.5 Å². The van der Waals surface area contributed by atoms with Crippen molar-refractivity contribution in [3.8, 4) is 5.75 Å². The lowest BCUT2D eigenvalue weighted by molar-refractivity contribution is -0.136. The Labute approximate surface area is 118 Å². The number of nitrogens with one attached hydrogen (secondary N) is 2. The van der Waals surface area contributed by atoms with Gasteiger partial charge in [0.05, 0.1) is 19.3 Å². The Bertz CT molecular complexity index is 441. The lowest BCUT2D eigenvalue weighted by Gasteiger charge is -2.13. The first-order valence-electron chi connectivity index (χ1n) is 6.56. The van der Waals surface area contributed by atoms with Gasteiger partial charge in [0.2, 0.25) is 0 Å². The van der Waals surface area contributed by atoms with Crippen LogP contribution in [-0.2, 0) is 9.59 Å². The number of hydrogen-bond acceptors (Lipinski definition) is 4. The summed E-state index contributed by atoms with van der Waals surface area (Å²) in [5, 5.41) is 13.9. The van der Waals surface area contributed by atoms with E-state index in [0.717, 1.165) is 0 Å². The third kappa shape index (κ3) is 4.89. The standard InChI is InChI=1S/C14H20N2O4/c1-3-10(9-17)15-13(18)14(19)16-11-5-7-12(8-6-11)20-4-2/h5-8,10,17H,3-4,9H2,1-2H3,(H,15,18)(H,16,19). The molecule has 20 heavy (non-hydrogen) atoms. The van der Waals surface area contributed by atoms with E-state index in [4.69, 9.17) is 9.84 Å². The van der Waals surface area contributed by atoms with Crippen LogP contribution in [0.25, 0.3) is 0 Å². The summed E-state index contributed by atoms with van der Waals surface area (Å²) < 4.78 is 5.28. The van der Waals surface area contributed by atoms with Crippen LogP contribution in [0.3, 0.4) is 0 Å². The second-order valence-electron chi connectivity index (χ2n) is 4.17. The van der Waals surface area contributed by atoms with Gasteiger partial charge in [0, 0.05) is 5.69 Å². The molecular weight excluding hydrogens is 260 g/mol. The van der Waals surface area contributed by atoms with Gasteiger partial charge in [-0.05, 0) is 37.6 Å². The van der Waals surface area contributed by atoms with Crippen LogP contribution in [0.15, 0.2) is 24.3 Å². The third-order valence-corrected chi connectivity index (χ3v) is 2.68. The molecule has 1 aromatic rings. The van der Waals surface area contributed by atoms with Gasteiger partial charge in [0.1, 0.15) is 5.75 Å². The smallest absolute Gasteiger partial charge is 0.313 e. The lowest BCUT2D eigenvalue weighted by Crippen LogP contribution is -2.43. The molecule has 1 rings (SSSR count). The lowest BCUT2D eigenvalue weighted by atomic mass is 10.2. The molecule has 110 valence electrons. The summed E-state index contributed by atoms with van der Waals surface area (Å²) >= 11 is 0. The molecule has 0 saturated carbocycles. The Morgan fingerprint density at radius 3 is 2.35 bits per heavy atom. The molecule has 1 atom stereocenters. The average molecular weight is 280 g/mol. The molecule has 3 N–H and O–H groups in total. The fraction of sp³-hybridized carbons (Fsp3) is 0.429. The van der Waals surface area contributed by atoms with Crippen LogP contribution in [0.2, 0.25) is 0 Å². The van der Waals surface area contributed by atoms with E-state index in [-0.39, 0.29) is 6.61 Å². The normalized spacial score (nSPS) is 11.6. The monoisotopic (exact) mass is 280 g/mol. The molecule has 1 unspecified atom stereocenters. The minimum atomic E-state index is -0.764. The molecule has 0 aromatic heterocycles. The second kappa shape index (κ2) is 8.16. The van der Waals surface area contributed by atoms with Gasteiger partial charge in [0.15, 0.2) is 0 Å². The van der Waals surface area contributed by atoms with E-state index in [0.29, 0.717) is 24.5 Å². The van der Waals surface area contributed by atoms with Crippen LogP contribution in [0.1, 0.15) is 20.3 Å². The molecule has 2 amide bonds. The summed E-state index contributed by atoms with van der Waals surface area (Å²) in [7, 11) is 0. The highest BCUT2D eigenvalue weighted by Crippen LogP contribution is 2.15. The zero-order valence-electron chi connectivity index (χ0n) is 11.7. The molecule has 0 spiro atoms. The minimum Gasteiger partial charge on any atom is -0.494 e. The number of anilines is 1. The molecule has 6 nitrogen and oxygen atoms in total. The fourth-order valence-electron chi connectivity index (χ4n) is 1.52. The van der Waals surface area contributed by atoms with E-state index < -0.39 is 17.9 Å². The number of amides is 2. The number of carbonyl (C=O) groups is 2. The van der Waals surface area contributed by atoms with Crippen LogP contribution in [0, 0.1) is 0 Å². The van der Waals surface area contributed by atoms with Crippen LogP contribution >= 0.6 is 0 Å². The van der Waals surface area contributed by atoms with Crippen molar-refractivity contribution >= 4 is 17.5 Å². The molecule has 0 saturated heterocycles. The van der Waals surface area contributed by atoms with Gasteiger partial charge >= 0.3 is 11.8 Å². The van der Waals surface area contributed by atoms with Gasteiger partial charge in [-0.1, -0.05) is 6.92 Å². The number of aliphatic hydroxyl groups excluding tert-OH is 1. The van der Waals surface area contributed by atoms with Gasteiger partial charge in [-0.25, -0.2) is 0 Å². The number of ether oxygens (including phenoxy) is 1. The van der Waals surface area contributed by atoms with Crippen LogP contribution in [0.5, 0.6) is 5.75 Å². The highest BCUT2D eigenvalue weighted by molar-refractivity contribution is 6.39. The Morgan fingerprint density at radius 1 is 1.20 bits per heavy atom. The summed E-state index contributed by atoms with van der Waals surface area (Å²) in [4.78, 5) is 23.2. The molecular formula is C14H20N2O4. The molecule has 6 heteroatoms. The van der Waals surface area contributed by atoms with Crippen molar-refractivity contribution in [1.82, 2.24) is 5.32 Å². The van der Waals surface area contributed by atoms with Crippen molar-refractivity contribution < 1.29 is 19.4 Å². The minimum absolute atomic E-state index is 0.196. The Kier molecular flexibility index (Phi) is 6.52. The molecule has 0 aliphatic heterocycles. The van der Waals surface area contributed by atoms with Crippen LogP contribution < -0.4 is 15.4 Å². The van der Waals surface area contributed by atoms with E-state index in [1.807, 2.05) is 13.8 Å². The second-order valence-corrected chi connectivity index (χ2v) is 4.17. The van der Waals surface area contributed by atoms with Gasteiger partial charge in [0.25, 0.3) is 0 Å². The van der Waals surface area contributed by atoms with Gasteiger partial charge in [-0.15, -0.1) is 0 Å². The van der Waals surface area contributed by atoms with E-state index in [1.54, 1.807) is 24.3 Å². The molecule has 0 aliphatic rings. The van der Waals surface area contributed by atoms with Crippen molar-refractivity contribution in [2.24, 2.45) is 0 Å². The SMILES string of the molecule is CCOc1ccc(NC(=O)C(=O)NC(CC)CO)cc1. The van der Waals surface area contributed by atoms with Crippen molar-refractivity contribution in [1.29, 1.82) is 0 Å². The van der Waals surface area contributed by atoms with E-state index in [9.17, 15) is 9.59 Å². The fourth-order valence-corrected chi connectivity index (χ4v) is 1.52. The van der Waals surface area contributed by atoms with E-state index in [1.165, 1.54) is 0 Å². The first-order chi connectivity index (χ1) is 9.60. The number of carbonyl (C=O) groups excluding carboxylic acids is 2. The van der Waals surface area contributed by atoms with Crippen LogP contribution in [0.4, 0.5) is 5.69 Å². The molecule has 0 radical (unpaired) electrons.